The first-order chi connectivity index (χ1) is 7.66. The highest BCUT2D eigenvalue weighted by Crippen LogP contribution is 2.22. The van der Waals surface area contributed by atoms with E-state index in [0.717, 1.165) is 0 Å². The standard InChI is InChI=1S/C13H22N2S/c1-10-9-12(6-7-15(10)3)14-11(2)13-5-4-8-16-13/h4-5,8,10-12,14H,6-7,9H2,1-3H3/t10?,11-,12?/m1/s1. The van der Waals surface area contributed by atoms with Crippen LogP contribution in [-0.2, 0) is 0 Å². The second-order valence-electron chi connectivity index (χ2n) is 4.95. The molecular formula is C13H22N2S. The van der Waals surface area contributed by atoms with Gasteiger partial charge in [0, 0.05) is 23.0 Å². The Morgan fingerprint density at radius 1 is 1.56 bits per heavy atom. The fourth-order valence-corrected chi connectivity index (χ4v) is 3.16. The monoisotopic (exact) mass is 238 g/mol. The van der Waals surface area contributed by atoms with E-state index in [1.807, 2.05) is 11.3 Å². The summed E-state index contributed by atoms with van der Waals surface area (Å²) in [7, 11) is 2.23. The fraction of sp³-hybridized carbons (Fsp3) is 0.692. The first-order valence-corrected chi connectivity index (χ1v) is 7.04. The fourth-order valence-electron chi connectivity index (χ4n) is 2.41. The van der Waals surface area contributed by atoms with Crippen molar-refractivity contribution in [3.63, 3.8) is 0 Å². The lowest BCUT2D eigenvalue weighted by Crippen LogP contribution is -2.46. The van der Waals surface area contributed by atoms with Crippen molar-refractivity contribution in [3.8, 4) is 0 Å². The summed E-state index contributed by atoms with van der Waals surface area (Å²) in [5.74, 6) is 0. The van der Waals surface area contributed by atoms with E-state index in [2.05, 4.69) is 48.6 Å². The van der Waals surface area contributed by atoms with Crippen molar-refractivity contribution in [3.05, 3.63) is 22.4 Å². The molecule has 1 aromatic heterocycles. The average molecular weight is 238 g/mol. The first kappa shape index (κ1) is 12.1. The molecule has 1 N–H and O–H groups in total. The van der Waals surface area contributed by atoms with Crippen molar-refractivity contribution in [2.45, 2.75) is 44.8 Å². The lowest BCUT2D eigenvalue weighted by atomic mass is 9.98. The third-order valence-corrected chi connectivity index (χ3v) is 4.72. The number of rotatable bonds is 3. The van der Waals surface area contributed by atoms with Crippen LogP contribution >= 0.6 is 11.3 Å². The third kappa shape index (κ3) is 2.84. The molecule has 0 spiro atoms. The van der Waals surface area contributed by atoms with E-state index < -0.39 is 0 Å². The number of piperidine rings is 1. The molecule has 1 aliphatic heterocycles. The van der Waals surface area contributed by atoms with Crippen LogP contribution in [0.2, 0.25) is 0 Å². The lowest BCUT2D eigenvalue weighted by Gasteiger charge is -2.36. The average Bonchev–Trinajstić information content (AvgIpc) is 2.77. The first-order valence-electron chi connectivity index (χ1n) is 6.16. The smallest absolute Gasteiger partial charge is 0.0388 e. The van der Waals surface area contributed by atoms with Gasteiger partial charge in [-0.3, -0.25) is 0 Å². The van der Waals surface area contributed by atoms with Crippen molar-refractivity contribution < 1.29 is 0 Å². The van der Waals surface area contributed by atoms with E-state index in [9.17, 15) is 0 Å². The van der Waals surface area contributed by atoms with Crippen molar-refractivity contribution >= 4 is 11.3 Å². The maximum Gasteiger partial charge on any atom is 0.0388 e. The number of nitrogens with one attached hydrogen (secondary N) is 1. The van der Waals surface area contributed by atoms with Crippen LogP contribution in [0.5, 0.6) is 0 Å². The predicted molar refractivity (Wildman–Crippen MR) is 71.0 cm³/mol. The van der Waals surface area contributed by atoms with Gasteiger partial charge < -0.3 is 10.2 Å². The molecule has 3 heteroatoms. The van der Waals surface area contributed by atoms with E-state index in [1.165, 1.54) is 24.3 Å². The lowest BCUT2D eigenvalue weighted by molar-refractivity contribution is 0.164. The summed E-state index contributed by atoms with van der Waals surface area (Å²) in [5.41, 5.74) is 0. The Labute approximate surface area is 103 Å². The van der Waals surface area contributed by atoms with Crippen molar-refractivity contribution in [1.82, 2.24) is 10.2 Å². The van der Waals surface area contributed by atoms with Crippen molar-refractivity contribution in [1.29, 1.82) is 0 Å². The van der Waals surface area contributed by atoms with Crippen molar-refractivity contribution in [2.75, 3.05) is 13.6 Å². The summed E-state index contributed by atoms with van der Waals surface area (Å²) in [6.45, 7) is 5.81. The SMILES string of the molecule is CC1CC(N[C@H](C)c2cccs2)CCN1C. The summed E-state index contributed by atoms with van der Waals surface area (Å²) in [5, 5.41) is 5.91. The van der Waals surface area contributed by atoms with Gasteiger partial charge in [-0.2, -0.15) is 0 Å². The summed E-state index contributed by atoms with van der Waals surface area (Å²) in [4.78, 5) is 3.90. The van der Waals surface area contributed by atoms with E-state index in [1.54, 1.807) is 0 Å². The Morgan fingerprint density at radius 2 is 2.38 bits per heavy atom. The van der Waals surface area contributed by atoms with Crippen LogP contribution < -0.4 is 5.32 Å². The zero-order valence-corrected chi connectivity index (χ0v) is 11.3. The van der Waals surface area contributed by atoms with Crippen LogP contribution in [0.1, 0.15) is 37.6 Å². The highest BCUT2D eigenvalue weighted by molar-refractivity contribution is 7.10. The van der Waals surface area contributed by atoms with Crippen LogP contribution in [0.15, 0.2) is 17.5 Å². The largest absolute Gasteiger partial charge is 0.307 e. The summed E-state index contributed by atoms with van der Waals surface area (Å²) < 4.78 is 0. The van der Waals surface area contributed by atoms with E-state index in [0.29, 0.717) is 18.1 Å². The molecule has 16 heavy (non-hydrogen) atoms. The molecule has 0 aromatic carbocycles. The van der Waals surface area contributed by atoms with Crippen LogP contribution in [-0.4, -0.2) is 30.6 Å². The van der Waals surface area contributed by atoms with Gasteiger partial charge in [-0.05, 0) is 51.7 Å². The minimum Gasteiger partial charge on any atom is -0.307 e. The summed E-state index contributed by atoms with van der Waals surface area (Å²) >= 11 is 1.85. The molecule has 1 fully saturated rings. The van der Waals surface area contributed by atoms with Crippen LogP contribution in [0.3, 0.4) is 0 Å². The number of nitrogens with zero attached hydrogens (tertiary/aromatic N) is 1. The summed E-state index contributed by atoms with van der Waals surface area (Å²) in [6.07, 6.45) is 2.54. The van der Waals surface area contributed by atoms with Gasteiger partial charge >= 0.3 is 0 Å². The molecule has 90 valence electrons. The van der Waals surface area contributed by atoms with Gasteiger partial charge in [0.1, 0.15) is 0 Å². The molecule has 0 saturated carbocycles. The van der Waals surface area contributed by atoms with Crippen LogP contribution in [0.4, 0.5) is 0 Å². The maximum absolute atomic E-state index is 3.76. The molecule has 2 unspecified atom stereocenters. The Kier molecular flexibility index (Phi) is 4.00. The Balaban J connectivity index is 1.86. The predicted octanol–water partition coefficient (Wildman–Crippen LogP) is 2.88. The zero-order chi connectivity index (χ0) is 11.5. The Morgan fingerprint density at radius 3 is 3.00 bits per heavy atom. The van der Waals surface area contributed by atoms with E-state index >= 15 is 0 Å². The minimum atomic E-state index is 0.501. The van der Waals surface area contributed by atoms with Crippen LogP contribution in [0, 0.1) is 0 Å². The van der Waals surface area contributed by atoms with E-state index in [4.69, 9.17) is 0 Å². The number of thiophene rings is 1. The van der Waals surface area contributed by atoms with Crippen molar-refractivity contribution in [2.24, 2.45) is 0 Å². The molecule has 3 atom stereocenters. The van der Waals surface area contributed by atoms with Gasteiger partial charge in [0.2, 0.25) is 0 Å². The topological polar surface area (TPSA) is 15.3 Å². The van der Waals surface area contributed by atoms with E-state index in [-0.39, 0.29) is 0 Å². The van der Waals surface area contributed by atoms with Gasteiger partial charge in [0.15, 0.2) is 0 Å². The van der Waals surface area contributed by atoms with Gasteiger partial charge in [-0.15, -0.1) is 11.3 Å². The molecule has 2 rings (SSSR count). The molecule has 0 radical (unpaired) electrons. The number of hydrogen-bond acceptors (Lipinski definition) is 3. The third-order valence-electron chi connectivity index (χ3n) is 3.66. The molecule has 0 aliphatic carbocycles. The molecular weight excluding hydrogens is 216 g/mol. The zero-order valence-electron chi connectivity index (χ0n) is 10.4. The minimum absolute atomic E-state index is 0.501. The molecule has 1 aromatic rings. The highest BCUT2D eigenvalue weighted by atomic mass is 32.1. The van der Waals surface area contributed by atoms with Gasteiger partial charge in [0.05, 0.1) is 0 Å². The van der Waals surface area contributed by atoms with Gasteiger partial charge in [0.25, 0.3) is 0 Å². The normalized spacial score (nSPS) is 29.2. The molecule has 0 amide bonds. The Hall–Kier alpha value is -0.380. The Bertz CT molecular complexity index is 310. The molecule has 1 saturated heterocycles. The molecule has 2 heterocycles. The second kappa shape index (κ2) is 5.30. The molecule has 0 bridgehead atoms. The number of likely N-dealkylation sites (tertiary alicyclic amines) is 1. The molecule has 1 aliphatic rings. The maximum atomic E-state index is 3.76. The quantitative estimate of drug-likeness (QED) is 0.871. The van der Waals surface area contributed by atoms with Gasteiger partial charge in [-0.1, -0.05) is 6.07 Å². The highest BCUT2D eigenvalue weighted by Gasteiger charge is 2.23. The van der Waals surface area contributed by atoms with Gasteiger partial charge in [-0.25, -0.2) is 0 Å². The van der Waals surface area contributed by atoms with Crippen LogP contribution in [0.25, 0.3) is 0 Å². The number of hydrogen-bond donors (Lipinski definition) is 1. The molecule has 2 nitrogen and oxygen atoms in total. The summed E-state index contributed by atoms with van der Waals surface area (Å²) in [6, 6.07) is 6.25. The second-order valence-corrected chi connectivity index (χ2v) is 5.93.